The number of benzene rings is 1. The molecule has 1 aromatic carbocycles. The molecule has 2 aromatic heterocycles. The summed E-state index contributed by atoms with van der Waals surface area (Å²) in [5, 5.41) is 13.7. The number of halogens is 1. The predicted octanol–water partition coefficient (Wildman–Crippen LogP) is 3.84. The van der Waals surface area contributed by atoms with Crippen molar-refractivity contribution in [3.8, 4) is 11.8 Å². The van der Waals surface area contributed by atoms with Crippen LogP contribution < -0.4 is 9.80 Å². The van der Waals surface area contributed by atoms with Crippen LogP contribution in [0.15, 0.2) is 48.9 Å². The van der Waals surface area contributed by atoms with Gasteiger partial charge in [0.1, 0.15) is 0 Å². The van der Waals surface area contributed by atoms with Gasteiger partial charge in [0.05, 0.1) is 17.5 Å². The molecule has 0 unspecified atom stereocenters. The van der Waals surface area contributed by atoms with Crippen LogP contribution in [0.1, 0.15) is 30.5 Å². The Labute approximate surface area is 213 Å². The molecule has 0 spiro atoms. The van der Waals surface area contributed by atoms with Crippen LogP contribution in [0.25, 0.3) is 5.69 Å². The Balaban J connectivity index is 0.00000289. The second kappa shape index (κ2) is 11.5. The Bertz CT molecular complexity index is 1130. The quantitative estimate of drug-likeness (QED) is 0.517. The number of nitrogens with zero attached hydrogens (tertiary/aromatic N) is 8. The van der Waals surface area contributed by atoms with Crippen molar-refractivity contribution in [2.45, 2.75) is 32.7 Å². The van der Waals surface area contributed by atoms with Crippen molar-refractivity contribution < 1.29 is 0 Å². The van der Waals surface area contributed by atoms with Crippen molar-refractivity contribution in [1.29, 1.82) is 5.26 Å². The fourth-order valence-corrected chi connectivity index (χ4v) is 4.97. The highest BCUT2D eigenvalue weighted by atomic mass is 35.5. The summed E-state index contributed by atoms with van der Waals surface area (Å²) in [6.45, 7) is 8.73. The van der Waals surface area contributed by atoms with Crippen LogP contribution in [0.5, 0.6) is 0 Å². The van der Waals surface area contributed by atoms with Gasteiger partial charge in [-0.2, -0.15) is 10.4 Å². The van der Waals surface area contributed by atoms with Crippen LogP contribution in [0, 0.1) is 24.2 Å². The zero-order valence-electron chi connectivity index (χ0n) is 20.3. The lowest BCUT2D eigenvalue weighted by molar-refractivity contribution is 0.249. The van der Waals surface area contributed by atoms with E-state index in [1.165, 1.54) is 5.56 Å². The summed E-state index contributed by atoms with van der Waals surface area (Å²) < 4.78 is 1.98. The van der Waals surface area contributed by atoms with E-state index in [-0.39, 0.29) is 12.4 Å². The van der Waals surface area contributed by atoms with Crippen molar-refractivity contribution >= 4 is 24.0 Å². The van der Waals surface area contributed by atoms with Gasteiger partial charge >= 0.3 is 0 Å². The topological polar surface area (TPSA) is 77.1 Å². The first-order valence-corrected chi connectivity index (χ1v) is 12.2. The minimum Gasteiger partial charge on any atom is -0.354 e. The number of hydrogen-bond donors (Lipinski definition) is 0. The van der Waals surface area contributed by atoms with Crippen molar-refractivity contribution in [2.75, 3.05) is 49.1 Å². The third-order valence-electron chi connectivity index (χ3n) is 7.04. The number of piperidine rings is 1. The van der Waals surface area contributed by atoms with E-state index in [0.717, 1.165) is 81.7 Å². The summed E-state index contributed by atoms with van der Waals surface area (Å²) in [5.74, 6) is 2.50. The standard InChI is InChI=1S/C26H32N8.ClH/c1-21-23(20-34(30-21)24-5-3-2-4-6-24)19-31-15-17-33(18-16-31)26-25(28-11-12-29-26)32-13-8-22(7-10-27)9-14-32;/h2-6,11-12,20,22H,7-9,13-19H2,1H3;1H. The fraction of sp³-hybridized carbons (Fsp3) is 0.462. The van der Waals surface area contributed by atoms with Gasteiger partial charge in [-0.15, -0.1) is 12.4 Å². The third-order valence-corrected chi connectivity index (χ3v) is 7.04. The van der Waals surface area contributed by atoms with E-state index >= 15 is 0 Å². The van der Waals surface area contributed by atoms with Gasteiger partial charge in [-0.3, -0.25) is 4.90 Å². The van der Waals surface area contributed by atoms with Crippen LogP contribution in [0.4, 0.5) is 11.6 Å². The first kappa shape index (κ1) is 25.0. The van der Waals surface area contributed by atoms with Crippen molar-refractivity contribution in [3.05, 3.63) is 60.2 Å². The molecule has 8 nitrogen and oxygen atoms in total. The monoisotopic (exact) mass is 492 g/mol. The molecule has 0 bridgehead atoms. The van der Waals surface area contributed by atoms with Gasteiger partial charge in [0, 0.05) is 76.4 Å². The number of piperazine rings is 1. The number of para-hydroxylation sites is 1. The van der Waals surface area contributed by atoms with Gasteiger partial charge < -0.3 is 9.80 Å². The van der Waals surface area contributed by atoms with E-state index in [9.17, 15) is 0 Å². The van der Waals surface area contributed by atoms with E-state index in [0.29, 0.717) is 12.3 Å². The zero-order valence-corrected chi connectivity index (χ0v) is 21.1. The van der Waals surface area contributed by atoms with Gasteiger partial charge in [0.15, 0.2) is 11.6 Å². The molecule has 2 aliphatic rings. The normalized spacial score (nSPS) is 17.1. The lowest BCUT2D eigenvalue weighted by Crippen LogP contribution is -2.47. The van der Waals surface area contributed by atoms with Crippen molar-refractivity contribution in [3.63, 3.8) is 0 Å². The number of aromatic nitrogens is 4. The highest BCUT2D eigenvalue weighted by molar-refractivity contribution is 5.85. The van der Waals surface area contributed by atoms with E-state index in [1.807, 2.05) is 22.9 Å². The summed E-state index contributed by atoms with van der Waals surface area (Å²) >= 11 is 0. The molecule has 2 fully saturated rings. The average molecular weight is 493 g/mol. The molecular weight excluding hydrogens is 460 g/mol. The summed E-state index contributed by atoms with van der Waals surface area (Å²) in [6, 6.07) is 12.6. The molecule has 4 heterocycles. The van der Waals surface area contributed by atoms with E-state index < -0.39 is 0 Å². The Morgan fingerprint density at radius 3 is 2.17 bits per heavy atom. The van der Waals surface area contributed by atoms with Crippen molar-refractivity contribution in [1.82, 2.24) is 24.6 Å². The summed E-state index contributed by atoms with van der Waals surface area (Å²) in [5.41, 5.74) is 3.45. The van der Waals surface area contributed by atoms with Gasteiger partial charge in [-0.05, 0) is 37.8 Å². The number of aryl methyl sites for hydroxylation is 1. The fourth-order valence-electron chi connectivity index (χ4n) is 4.97. The molecule has 0 saturated carbocycles. The molecule has 184 valence electrons. The Kier molecular flexibility index (Phi) is 8.21. The maximum Gasteiger partial charge on any atom is 0.172 e. The maximum absolute atomic E-state index is 9.00. The number of anilines is 2. The Morgan fingerprint density at radius 1 is 0.914 bits per heavy atom. The smallest absolute Gasteiger partial charge is 0.172 e. The summed E-state index contributed by atoms with van der Waals surface area (Å²) in [7, 11) is 0. The SMILES string of the molecule is Cc1nn(-c2ccccc2)cc1CN1CCN(c2nccnc2N2CCC(CC#N)CC2)CC1.Cl. The maximum atomic E-state index is 9.00. The second-order valence-corrected chi connectivity index (χ2v) is 9.28. The minimum absolute atomic E-state index is 0. The van der Waals surface area contributed by atoms with Crippen LogP contribution in [-0.4, -0.2) is 63.9 Å². The Hall–Kier alpha value is -3.15. The number of rotatable bonds is 6. The Morgan fingerprint density at radius 2 is 1.54 bits per heavy atom. The molecule has 35 heavy (non-hydrogen) atoms. The molecule has 0 radical (unpaired) electrons. The lowest BCUT2D eigenvalue weighted by atomic mass is 9.94. The van der Waals surface area contributed by atoms with Crippen molar-refractivity contribution in [2.24, 2.45) is 5.92 Å². The molecular formula is C26H33ClN8. The molecule has 5 rings (SSSR count). The largest absolute Gasteiger partial charge is 0.354 e. The highest BCUT2D eigenvalue weighted by Crippen LogP contribution is 2.30. The van der Waals surface area contributed by atoms with Crippen LogP contribution >= 0.6 is 12.4 Å². The highest BCUT2D eigenvalue weighted by Gasteiger charge is 2.26. The summed E-state index contributed by atoms with van der Waals surface area (Å²) in [6.07, 6.45) is 8.51. The average Bonchev–Trinajstić information content (AvgIpc) is 3.26. The van der Waals surface area contributed by atoms with E-state index in [1.54, 1.807) is 12.4 Å². The number of nitriles is 1. The first-order valence-electron chi connectivity index (χ1n) is 12.2. The van der Waals surface area contributed by atoms with Gasteiger partial charge in [-0.25, -0.2) is 14.6 Å². The first-order chi connectivity index (χ1) is 16.7. The molecule has 0 atom stereocenters. The predicted molar refractivity (Wildman–Crippen MR) is 140 cm³/mol. The van der Waals surface area contributed by atoms with Crippen LogP contribution in [0.3, 0.4) is 0 Å². The van der Waals surface area contributed by atoms with Gasteiger partial charge in [-0.1, -0.05) is 18.2 Å². The molecule has 9 heteroatoms. The molecule has 0 aliphatic carbocycles. The molecule has 2 saturated heterocycles. The molecule has 0 amide bonds. The lowest BCUT2D eigenvalue weighted by Gasteiger charge is -2.38. The third kappa shape index (κ3) is 5.75. The minimum atomic E-state index is 0. The molecule has 0 N–H and O–H groups in total. The molecule has 2 aliphatic heterocycles. The van der Waals surface area contributed by atoms with E-state index in [4.69, 9.17) is 20.3 Å². The van der Waals surface area contributed by atoms with Gasteiger partial charge in [0.25, 0.3) is 0 Å². The zero-order chi connectivity index (χ0) is 23.3. The van der Waals surface area contributed by atoms with Crippen LogP contribution in [0.2, 0.25) is 0 Å². The summed E-state index contributed by atoms with van der Waals surface area (Å²) in [4.78, 5) is 16.7. The number of hydrogen-bond acceptors (Lipinski definition) is 7. The molecule has 3 aromatic rings. The van der Waals surface area contributed by atoms with Crippen LogP contribution in [-0.2, 0) is 6.54 Å². The van der Waals surface area contributed by atoms with Gasteiger partial charge in [0.2, 0.25) is 0 Å². The second-order valence-electron chi connectivity index (χ2n) is 9.28. The van der Waals surface area contributed by atoms with E-state index in [2.05, 4.69) is 46.0 Å².